The Balaban J connectivity index is 1.98. The molecule has 0 bridgehead atoms. The Bertz CT molecular complexity index is 1270. The van der Waals surface area contributed by atoms with Gasteiger partial charge in [0.05, 0.1) is 18.4 Å². The quantitative estimate of drug-likeness (QED) is 0.267. The van der Waals surface area contributed by atoms with Crippen molar-refractivity contribution in [3.63, 3.8) is 0 Å². The maximum atomic E-state index is 14.8. The molecular formula is C24H23F2N5O2. The fourth-order valence-electron chi connectivity index (χ4n) is 3.38. The van der Waals surface area contributed by atoms with Crippen LogP contribution in [0, 0.1) is 29.4 Å². The number of aryl methyl sites for hydroxylation is 1. The number of nitrogens with two attached hydrogens (primary N) is 1. The number of hydrogen-bond donors (Lipinski definition) is 5. The van der Waals surface area contributed by atoms with Gasteiger partial charge in [0.15, 0.2) is 0 Å². The third kappa shape index (κ3) is 4.52. The number of anilines is 3. The van der Waals surface area contributed by atoms with Crippen molar-refractivity contribution in [2.45, 2.75) is 6.92 Å². The lowest BCUT2D eigenvalue weighted by Crippen LogP contribution is -2.18. The molecule has 0 aromatic heterocycles. The maximum absolute atomic E-state index is 14.8. The van der Waals surface area contributed by atoms with Crippen LogP contribution in [-0.4, -0.2) is 32.0 Å². The van der Waals surface area contributed by atoms with E-state index in [-0.39, 0.29) is 22.6 Å². The van der Waals surface area contributed by atoms with E-state index in [2.05, 4.69) is 10.6 Å². The second-order valence-corrected chi connectivity index (χ2v) is 7.21. The predicted molar refractivity (Wildman–Crippen MR) is 126 cm³/mol. The zero-order chi connectivity index (χ0) is 24.3. The van der Waals surface area contributed by atoms with E-state index < -0.39 is 23.1 Å². The van der Waals surface area contributed by atoms with Crippen molar-refractivity contribution in [2.75, 3.05) is 30.5 Å². The summed E-state index contributed by atoms with van der Waals surface area (Å²) in [4.78, 5) is 12.7. The second kappa shape index (κ2) is 9.47. The average molecular weight is 451 g/mol. The van der Waals surface area contributed by atoms with Crippen molar-refractivity contribution in [1.29, 1.82) is 10.8 Å². The number of benzene rings is 3. The molecule has 0 fully saturated rings. The smallest absolute Gasteiger partial charge is 0.261 e. The molecule has 6 N–H and O–H groups in total. The van der Waals surface area contributed by atoms with E-state index in [1.807, 2.05) is 13.0 Å². The number of halogens is 2. The summed E-state index contributed by atoms with van der Waals surface area (Å²) < 4.78 is 34.5. The molecule has 3 aromatic rings. The molecule has 0 aliphatic rings. The summed E-state index contributed by atoms with van der Waals surface area (Å²) in [6.45, 7) is 1.84. The minimum atomic E-state index is -1.15. The number of carbonyl (C=O) groups excluding carboxylic acids is 1. The number of carbonyl (C=O) groups is 1. The van der Waals surface area contributed by atoms with Gasteiger partial charge < -0.3 is 26.5 Å². The van der Waals surface area contributed by atoms with Crippen molar-refractivity contribution >= 4 is 34.9 Å². The van der Waals surface area contributed by atoms with Crippen LogP contribution in [0.2, 0.25) is 0 Å². The van der Waals surface area contributed by atoms with Crippen LogP contribution < -0.4 is 21.1 Å². The second-order valence-electron chi connectivity index (χ2n) is 7.21. The molecule has 0 unspecified atom stereocenters. The van der Waals surface area contributed by atoms with Gasteiger partial charge in [0.2, 0.25) is 0 Å². The Morgan fingerprint density at radius 1 is 1.12 bits per heavy atom. The van der Waals surface area contributed by atoms with Crippen LogP contribution in [0.3, 0.4) is 0 Å². The zero-order valence-electron chi connectivity index (χ0n) is 18.3. The summed E-state index contributed by atoms with van der Waals surface area (Å²) in [5.41, 5.74) is 7.39. The molecule has 0 aliphatic heterocycles. The number of amides is 1. The number of methoxy groups -OCH3 is 1. The van der Waals surface area contributed by atoms with E-state index in [9.17, 15) is 13.6 Å². The molecule has 0 radical (unpaired) electrons. The summed E-state index contributed by atoms with van der Waals surface area (Å²) in [6.07, 6.45) is 0.705. The molecule has 1 amide bonds. The van der Waals surface area contributed by atoms with E-state index in [0.717, 1.165) is 11.6 Å². The predicted octanol–water partition coefficient (Wildman–Crippen LogP) is 4.57. The molecule has 170 valence electrons. The molecule has 0 saturated heterocycles. The summed E-state index contributed by atoms with van der Waals surface area (Å²) in [7, 11) is 2.98. The molecule has 0 saturated carbocycles. The van der Waals surface area contributed by atoms with Gasteiger partial charge in [-0.1, -0.05) is 6.07 Å². The van der Waals surface area contributed by atoms with E-state index in [0.29, 0.717) is 28.8 Å². The maximum Gasteiger partial charge on any atom is 0.261 e. The van der Waals surface area contributed by atoms with Crippen LogP contribution in [0.4, 0.5) is 25.8 Å². The van der Waals surface area contributed by atoms with Crippen LogP contribution in [0.25, 0.3) is 0 Å². The topological polar surface area (TPSA) is 124 Å². The number of hydrogen-bond acceptors (Lipinski definition) is 6. The van der Waals surface area contributed by atoms with Gasteiger partial charge in [-0.15, -0.1) is 0 Å². The zero-order valence-corrected chi connectivity index (χ0v) is 18.3. The highest BCUT2D eigenvalue weighted by Gasteiger charge is 2.23. The molecular weight excluding hydrogens is 428 g/mol. The average Bonchev–Trinajstić information content (AvgIpc) is 2.79. The van der Waals surface area contributed by atoms with E-state index in [1.165, 1.54) is 32.4 Å². The van der Waals surface area contributed by atoms with Gasteiger partial charge in [-0.25, -0.2) is 8.78 Å². The fourth-order valence-corrected chi connectivity index (χ4v) is 3.38. The first-order valence-electron chi connectivity index (χ1n) is 9.86. The Hall–Kier alpha value is -4.27. The number of rotatable bonds is 7. The lowest BCUT2D eigenvalue weighted by atomic mass is 9.96. The van der Waals surface area contributed by atoms with Gasteiger partial charge in [0.1, 0.15) is 22.9 Å². The van der Waals surface area contributed by atoms with E-state index in [1.54, 1.807) is 12.1 Å². The monoisotopic (exact) mass is 451 g/mol. The highest BCUT2D eigenvalue weighted by atomic mass is 19.1. The van der Waals surface area contributed by atoms with E-state index in [4.69, 9.17) is 21.3 Å². The molecule has 0 atom stereocenters. The lowest BCUT2D eigenvalue weighted by Gasteiger charge is -2.15. The highest BCUT2D eigenvalue weighted by molar-refractivity contribution is 6.16. The van der Waals surface area contributed by atoms with Gasteiger partial charge in [-0.3, -0.25) is 10.2 Å². The third-order valence-electron chi connectivity index (χ3n) is 5.19. The van der Waals surface area contributed by atoms with Crippen molar-refractivity contribution in [1.82, 2.24) is 0 Å². The summed E-state index contributed by atoms with van der Waals surface area (Å²) in [5.74, 6) is -2.69. The molecule has 9 heteroatoms. The van der Waals surface area contributed by atoms with Crippen LogP contribution in [0.15, 0.2) is 42.5 Å². The van der Waals surface area contributed by atoms with E-state index >= 15 is 0 Å². The van der Waals surface area contributed by atoms with Gasteiger partial charge >= 0.3 is 0 Å². The molecule has 0 heterocycles. The Morgan fingerprint density at radius 2 is 1.85 bits per heavy atom. The van der Waals surface area contributed by atoms with Crippen LogP contribution >= 0.6 is 0 Å². The molecule has 7 nitrogen and oxygen atoms in total. The molecule has 33 heavy (non-hydrogen) atoms. The number of nitrogen functional groups attached to an aromatic ring is 1. The number of nitrogens with one attached hydrogen (secondary N) is 4. The van der Waals surface area contributed by atoms with Crippen molar-refractivity contribution < 1.29 is 18.3 Å². The molecule has 3 aromatic carbocycles. The van der Waals surface area contributed by atoms with Crippen molar-refractivity contribution in [3.05, 3.63) is 81.9 Å². The Kier molecular flexibility index (Phi) is 6.72. The molecule has 0 spiro atoms. The summed E-state index contributed by atoms with van der Waals surface area (Å²) >= 11 is 0. The van der Waals surface area contributed by atoms with Gasteiger partial charge in [-0.05, 0) is 48.9 Å². The Morgan fingerprint density at radius 3 is 2.48 bits per heavy atom. The fraction of sp³-hybridized carbons (Fsp3) is 0.125. The lowest BCUT2D eigenvalue weighted by molar-refractivity contribution is 0.101. The first-order valence-corrected chi connectivity index (χ1v) is 9.86. The van der Waals surface area contributed by atoms with Gasteiger partial charge in [0.25, 0.3) is 5.91 Å². The summed E-state index contributed by atoms with van der Waals surface area (Å²) in [5, 5.41) is 21.1. The van der Waals surface area contributed by atoms with Crippen LogP contribution in [-0.2, 0) is 0 Å². The molecule has 0 aliphatic carbocycles. The third-order valence-corrected chi connectivity index (χ3v) is 5.19. The first kappa shape index (κ1) is 23.4. The standard InChI is InChI=1S/C24H23F2N5O2/c1-12-4-6-14(33-3)9-15(12)23(29)16-8-13(5-7-19(16)28)31-24(32)21-18(25)10-20(30-2)17(11-27)22(21)26/h4-11,27,29-30H,28H2,1-3H3,(H,31,32). The first-order chi connectivity index (χ1) is 15.7. The SMILES string of the molecule is CNc1cc(F)c(C(=O)Nc2ccc(N)c(C(=N)c3cc(OC)ccc3C)c2)c(F)c1C=N. The minimum Gasteiger partial charge on any atom is -0.497 e. The van der Waals surface area contributed by atoms with Crippen LogP contribution in [0.1, 0.15) is 32.6 Å². The normalized spacial score (nSPS) is 10.5. The van der Waals surface area contributed by atoms with Crippen LogP contribution in [0.5, 0.6) is 5.75 Å². The largest absolute Gasteiger partial charge is 0.497 e. The minimum absolute atomic E-state index is 0.0495. The van der Waals surface area contributed by atoms with Gasteiger partial charge in [-0.2, -0.15) is 0 Å². The number of ether oxygens (including phenoxy) is 1. The highest BCUT2D eigenvalue weighted by Crippen LogP contribution is 2.27. The van der Waals surface area contributed by atoms with Gasteiger partial charge in [0, 0.05) is 41.5 Å². The summed E-state index contributed by atoms with van der Waals surface area (Å²) in [6, 6.07) is 10.7. The van der Waals surface area contributed by atoms with Crippen molar-refractivity contribution in [2.24, 2.45) is 0 Å². The molecule has 3 rings (SSSR count). The van der Waals surface area contributed by atoms with Crippen molar-refractivity contribution in [3.8, 4) is 5.75 Å². The Labute approximate surface area is 189 Å².